The molecule has 1 aromatic heterocycles. The van der Waals surface area contributed by atoms with Gasteiger partial charge in [-0.3, -0.25) is 9.36 Å². The molecule has 2 aliphatic heterocycles. The predicted molar refractivity (Wildman–Crippen MR) is 125 cm³/mol. The van der Waals surface area contributed by atoms with Crippen molar-refractivity contribution in [3.05, 3.63) is 74.4 Å². The van der Waals surface area contributed by atoms with Gasteiger partial charge in [0, 0.05) is 52.0 Å². The van der Waals surface area contributed by atoms with Gasteiger partial charge in [-0.2, -0.15) is 0 Å². The van der Waals surface area contributed by atoms with E-state index in [0.717, 1.165) is 45.4 Å². The summed E-state index contributed by atoms with van der Waals surface area (Å²) in [5.41, 5.74) is 0.0147. The van der Waals surface area contributed by atoms with E-state index in [-0.39, 0.29) is 61.4 Å². The van der Waals surface area contributed by atoms with E-state index in [0.29, 0.717) is 19.5 Å². The van der Waals surface area contributed by atoms with Crippen molar-refractivity contribution in [1.82, 2.24) is 9.55 Å². The van der Waals surface area contributed by atoms with Crippen molar-refractivity contribution in [2.45, 2.75) is 50.3 Å². The first-order valence-corrected chi connectivity index (χ1v) is 11.8. The van der Waals surface area contributed by atoms with Gasteiger partial charge in [-0.15, -0.1) is 19.6 Å². The number of aliphatic hydroxyl groups is 1. The number of aromatic nitrogens is 2. The Balaban J connectivity index is 0.000000202. The molecule has 3 heterocycles. The van der Waals surface area contributed by atoms with Gasteiger partial charge in [0.2, 0.25) is 0 Å². The molecule has 1 spiro atoms. The fourth-order valence-electron chi connectivity index (χ4n) is 5.09. The second kappa shape index (κ2) is 12.3. The quantitative estimate of drug-likeness (QED) is 0.586. The summed E-state index contributed by atoms with van der Waals surface area (Å²) in [6.07, 6.45) is 6.28. The smallest absolute Gasteiger partial charge is 0.254 e. The molecule has 3 aliphatic rings. The van der Waals surface area contributed by atoms with Crippen molar-refractivity contribution in [2.75, 3.05) is 32.8 Å². The molecular formula is C24H31ClN4O3Y-2. The van der Waals surface area contributed by atoms with Crippen molar-refractivity contribution in [3.8, 4) is 0 Å². The van der Waals surface area contributed by atoms with Crippen molar-refractivity contribution < 1.29 is 42.6 Å². The Hall–Kier alpha value is -0.666. The molecule has 3 fully saturated rings. The Morgan fingerprint density at radius 2 is 1.94 bits per heavy atom. The second-order valence-electron chi connectivity index (χ2n) is 8.96. The van der Waals surface area contributed by atoms with E-state index in [9.17, 15) is 9.90 Å². The zero-order valence-corrected chi connectivity index (χ0v) is 22.5. The number of nitrogens with zero attached hydrogens (tertiary/aromatic N) is 4. The third kappa shape index (κ3) is 6.51. The van der Waals surface area contributed by atoms with Gasteiger partial charge in [0.1, 0.15) is 5.15 Å². The summed E-state index contributed by atoms with van der Waals surface area (Å²) in [6, 6.07) is 11.9. The first kappa shape index (κ1) is 26.9. The van der Waals surface area contributed by atoms with Crippen molar-refractivity contribution in [3.63, 3.8) is 0 Å². The van der Waals surface area contributed by atoms with Crippen LogP contribution in [0.3, 0.4) is 0 Å². The molecule has 2 aromatic rings. The Bertz CT molecular complexity index is 933. The Kier molecular flexibility index (Phi) is 10.1. The van der Waals surface area contributed by atoms with Gasteiger partial charge in [0.05, 0.1) is 18.5 Å². The number of piperidine rings is 1. The Morgan fingerprint density at radius 3 is 2.61 bits per heavy atom. The SMILES string of the molecule is O=c1cc(Cl)ncn1C[C@]1(O)CC[N-]CC12CCCC2.[Y].c1ccc(C2COCC[N-]2)cc1. The molecule has 1 aromatic carbocycles. The van der Waals surface area contributed by atoms with Crippen LogP contribution in [0.4, 0.5) is 0 Å². The maximum atomic E-state index is 12.0. The molecule has 177 valence electrons. The third-order valence-corrected chi connectivity index (χ3v) is 7.18. The van der Waals surface area contributed by atoms with Crippen LogP contribution in [0.5, 0.6) is 0 Å². The summed E-state index contributed by atoms with van der Waals surface area (Å²) >= 11 is 5.71. The van der Waals surface area contributed by atoms with Crippen LogP contribution in [-0.2, 0) is 44.0 Å². The molecule has 1 saturated carbocycles. The number of hydrogen-bond acceptors (Lipinski definition) is 4. The molecule has 1 N–H and O–H groups in total. The van der Waals surface area contributed by atoms with Crippen LogP contribution >= 0.6 is 11.6 Å². The fourth-order valence-corrected chi connectivity index (χ4v) is 5.23. The predicted octanol–water partition coefficient (Wildman–Crippen LogP) is 4.09. The number of morpholine rings is 1. The van der Waals surface area contributed by atoms with Gasteiger partial charge in [0.15, 0.2) is 0 Å². The normalized spacial score (nSPS) is 26.2. The zero-order valence-electron chi connectivity index (χ0n) is 18.9. The van der Waals surface area contributed by atoms with Crippen molar-refractivity contribution in [1.29, 1.82) is 0 Å². The number of rotatable bonds is 3. The number of halogens is 1. The summed E-state index contributed by atoms with van der Waals surface area (Å²) < 4.78 is 6.81. The number of ether oxygens (including phenoxy) is 1. The maximum absolute atomic E-state index is 12.0. The molecule has 9 heteroatoms. The van der Waals surface area contributed by atoms with E-state index in [1.54, 1.807) is 0 Å². The molecule has 1 radical (unpaired) electrons. The van der Waals surface area contributed by atoms with E-state index in [1.807, 2.05) is 18.2 Å². The van der Waals surface area contributed by atoms with Gasteiger partial charge in [-0.05, 0) is 24.7 Å². The van der Waals surface area contributed by atoms with Crippen LogP contribution in [0.15, 0.2) is 47.5 Å². The average molecular weight is 548 g/mol. The maximum Gasteiger partial charge on any atom is 0.254 e. The molecule has 2 saturated heterocycles. The fraction of sp³-hybridized carbons (Fsp3) is 0.583. The molecular weight excluding hydrogens is 517 g/mol. The van der Waals surface area contributed by atoms with Crippen LogP contribution in [0.25, 0.3) is 10.6 Å². The van der Waals surface area contributed by atoms with Crippen LogP contribution in [-0.4, -0.2) is 53.1 Å². The van der Waals surface area contributed by atoms with Crippen molar-refractivity contribution >= 4 is 11.6 Å². The standard InChI is InChI=1S/C14H19ClN3O2.C10H12NO.Y/c15-11-7-12(19)18(10-17-11)9-14(20)5-6-16-8-13(14)3-1-2-4-13;1-2-4-9(5-3-1)10-8-12-7-6-11-10;/h7,10,20H,1-6,8-9H2;1-5,10H,6-8H2;/q2*-1;/t14-;;/m1../s1. The average Bonchev–Trinajstić information content (AvgIpc) is 3.30. The first-order valence-electron chi connectivity index (χ1n) is 11.4. The summed E-state index contributed by atoms with van der Waals surface area (Å²) in [5.74, 6) is 0. The molecule has 2 atom stereocenters. The molecule has 7 nitrogen and oxygen atoms in total. The molecule has 1 unspecified atom stereocenters. The minimum atomic E-state index is -0.870. The van der Waals surface area contributed by atoms with E-state index in [1.165, 1.54) is 22.5 Å². The van der Waals surface area contributed by atoms with Crippen LogP contribution in [0, 0.1) is 5.41 Å². The van der Waals surface area contributed by atoms with Gasteiger partial charge in [-0.1, -0.05) is 66.4 Å². The van der Waals surface area contributed by atoms with Gasteiger partial charge in [-0.25, -0.2) is 4.98 Å². The molecule has 5 rings (SSSR count). The van der Waals surface area contributed by atoms with E-state index in [2.05, 4.69) is 27.8 Å². The Labute approximate surface area is 225 Å². The summed E-state index contributed by atoms with van der Waals surface area (Å²) in [4.78, 5) is 15.9. The zero-order chi connectivity index (χ0) is 22.4. The second-order valence-corrected chi connectivity index (χ2v) is 9.35. The summed E-state index contributed by atoms with van der Waals surface area (Å²) in [6.45, 7) is 4.01. The van der Waals surface area contributed by atoms with Crippen LogP contribution < -0.4 is 5.56 Å². The van der Waals surface area contributed by atoms with Crippen LogP contribution in [0.2, 0.25) is 5.15 Å². The monoisotopic (exact) mass is 547 g/mol. The van der Waals surface area contributed by atoms with Gasteiger partial charge in [0.25, 0.3) is 5.56 Å². The first-order chi connectivity index (χ1) is 15.5. The van der Waals surface area contributed by atoms with Gasteiger partial charge < -0.3 is 20.5 Å². The van der Waals surface area contributed by atoms with E-state index < -0.39 is 5.60 Å². The van der Waals surface area contributed by atoms with E-state index >= 15 is 0 Å². The minimum Gasteiger partial charge on any atom is -0.662 e. The van der Waals surface area contributed by atoms with E-state index in [4.69, 9.17) is 16.3 Å². The Morgan fingerprint density at radius 1 is 1.18 bits per heavy atom. The van der Waals surface area contributed by atoms with Crippen LogP contribution in [0.1, 0.15) is 43.7 Å². The van der Waals surface area contributed by atoms with Gasteiger partial charge >= 0.3 is 0 Å². The minimum absolute atomic E-state index is 0. The molecule has 1 aliphatic carbocycles. The van der Waals surface area contributed by atoms with Crippen molar-refractivity contribution in [2.24, 2.45) is 5.41 Å². The third-order valence-electron chi connectivity index (χ3n) is 6.97. The number of benzene rings is 1. The molecule has 33 heavy (non-hydrogen) atoms. The largest absolute Gasteiger partial charge is 0.662 e. The molecule has 0 bridgehead atoms. The number of hydrogen-bond donors (Lipinski definition) is 1. The summed E-state index contributed by atoms with van der Waals surface area (Å²) in [7, 11) is 0. The topological polar surface area (TPSA) is 92.6 Å². The summed E-state index contributed by atoms with van der Waals surface area (Å²) in [5, 5.41) is 20.4. The molecule has 0 amide bonds.